The number of fused-ring (bicyclic) bond motifs is 3. The van der Waals surface area contributed by atoms with Crippen LogP contribution in [0.5, 0.6) is 5.75 Å². The van der Waals surface area contributed by atoms with E-state index < -0.39 is 0 Å². The van der Waals surface area contributed by atoms with Crippen molar-refractivity contribution in [3.63, 3.8) is 0 Å². The van der Waals surface area contributed by atoms with Crippen molar-refractivity contribution in [1.29, 1.82) is 0 Å². The average Bonchev–Trinajstić information content (AvgIpc) is 2.88. The van der Waals surface area contributed by atoms with Crippen LogP contribution in [0.25, 0.3) is 17.2 Å². The van der Waals surface area contributed by atoms with Gasteiger partial charge in [0.25, 0.3) is 0 Å². The van der Waals surface area contributed by atoms with E-state index >= 15 is 0 Å². The van der Waals surface area contributed by atoms with Gasteiger partial charge in [-0.1, -0.05) is 37.5 Å². The molecule has 0 atom stereocenters. The maximum atomic E-state index is 5.74. The van der Waals surface area contributed by atoms with Gasteiger partial charge in [0.15, 0.2) is 0 Å². The second-order valence-electron chi connectivity index (χ2n) is 6.19. The minimum absolute atomic E-state index is 0.831. The third kappa shape index (κ3) is 2.66. The lowest BCUT2D eigenvalue weighted by molar-refractivity contribution is 0.373. The van der Waals surface area contributed by atoms with E-state index in [1.165, 1.54) is 53.8 Å². The molecule has 4 rings (SSSR count). The van der Waals surface area contributed by atoms with Gasteiger partial charge in [-0.15, -0.1) is 11.3 Å². The van der Waals surface area contributed by atoms with E-state index in [1.807, 2.05) is 12.1 Å². The predicted molar refractivity (Wildman–Crippen MR) is 94.5 cm³/mol. The first-order valence-electron chi connectivity index (χ1n) is 8.20. The molecule has 114 valence electrons. The number of hydrogen-bond acceptors (Lipinski definition) is 3. The van der Waals surface area contributed by atoms with Gasteiger partial charge in [0.1, 0.15) is 5.75 Å². The quantitative estimate of drug-likeness (QED) is 0.777. The summed E-state index contributed by atoms with van der Waals surface area (Å²) in [6.07, 6.45) is 10.8. The van der Waals surface area contributed by atoms with Crippen molar-refractivity contribution >= 4 is 23.1 Å². The molecule has 2 heterocycles. The topological polar surface area (TPSA) is 21.3 Å². The van der Waals surface area contributed by atoms with Crippen molar-refractivity contribution in [3.8, 4) is 16.9 Å². The van der Waals surface area contributed by atoms with E-state index in [0.29, 0.717) is 0 Å². The van der Waals surface area contributed by atoms with Gasteiger partial charge in [0.2, 0.25) is 0 Å². The van der Waals surface area contributed by atoms with Crippen LogP contribution in [0, 0.1) is 5.92 Å². The molecule has 1 saturated carbocycles. The molecule has 0 saturated heterocycles. The molecule has 2 aliphatic rings. The van der Waals surface area contributed by atoms with Crippen LogP contribution in [0.15, 0.2) is 35.9 Å². The molecule has 1 fully saturated rings. The predicted octanol–water partition coefficient (Wildman–Crippen LogP) is 5.77. The SMILES string of the molecule is C1=Cc2scc(NCC3CCCCC3)c2-c2ccccc2O1. The van der Waals surface area contributed by atoms with Gasteiger partial charge in [0, 0.05) is 27.9 Å². The molecule has 2 nitrogen and oxygen atoms in total. The fourth-order valence-corrected chi connectivity index (χ4v) is 4.41. The summed E-state index contributed by atoms with van der Waals surface area (Å²) < 4.78 is 5.74. The zero-order valence-electron chi connectivity index (χ0n) is 12.7. The fraction of sp³-hybridized carbons (Fsp3) is 0.368. The molecular weight excluding hydrogens is 290 g/mol. The zero-order chi connectivity index (χ0) is 14.8. The Labute approximate surface area is 135 Å². The fourth-order valence-electron chi connectivity index (χ4n) is 3.49. The Balaban J connectivity index is 1.61. The Morgan fingerprint density at radius 2 is 2.00 bits per heavy atom. The van der Waals surface area contributed by atoms with Crippen LogP contribution in [0.4, 0.5) is 5.69 Å². The van der Waals surface area contributed by atoms with E-state index in [-0.39, 0.29) is 0 Å². The summed E-state index contributed by atoms with van der Waals surface area (Å²) in [5.41, 5.74) is 3.74. The minimum Gasteiger partial charge on any atom is -0.464 e. The highest BCUT2D eigenvalue weighted by Gasteiger charge is 2.19. The number of para-hydroxylation sites is 1. The highest BCUT2D eigenvalue weighted by atomic mass is 32.1. The van der Waals surface area contributed by atoms with Crippen LogP contribution in [0.1, 0.15) is 37.0 Å². The van der Waals surface area contributed by atoms with Gasteiger partial charge in [-0.3, -0.25) is 0 Å². The van der Waals surface area contributed by atoms with Gasteiger partial charge in [-0.05, 0) is 30.9 Å². The van der Waals surface area contributed by atoms with Crippen molar-refractivity contribution in [2.45, 2.75) is 32.1 Å². The maximum Gasteiger partial charge on any atom is 0.134 e. The second kappa shape index (κ2) is 6.17. The van der Waals surface area contributed by atoms with Crippen molar-refractivity contribution in [3.05, 3.63) is 40.8 Å². The van der Waals surface area contributed by atoms with Gasteiger partial charge >= 0.3 is 0 Å². The summed E-state index contributed by atoms with van der Waals surface area (Å²) in [5.74, 6) is 1.77. The van der Waals surface area contributed by atoms with Gasteiger partial charge in [-0.2, -0.15) is 0 Å². The summed E-state index contributed by atoms with van der Waals surface area (Å²) in [5, 5.41) is 5.96. The highest BCUT2D eigenvalue weighted by Crippen LogP contribution is 2.43. The number of rotatable bonds is 3. The van der Waals surface area contributed by atoms with Crippen LogP contribution < -0.4 is 10.1 Å². The molecule has 0 bridgehead atoms. The van der Waals surface area contributed by atoms with E-state index in [1.54, 1.807) is 17.6 Å². The summed E-state index contributed by atoms with van der Waals surface area (Å²) >= 11 is 1.79. The minimum atomic E-state index is 0.831. The standard InChI is InChI=1S/C19H21NOS/c1-2-6-14(7-3-1)12-20-16-13-22-18-10-11-21-17-9-5-4-8-15(17)19(16)18/h4-5,8-11,13-14,20H,1-3,6-7,12H2. The molecule has 1 aliphatic carbocycles. The average molecular weight is 311 g/mol. The number of anilines is 1. The van der Waals surface area contributed by atoms with E-state index in [9.17, 15) is 0 Å². The van der Waals surface area contributed by atoms with Crippen LogP contribution in [-0.2, 0) is 0 Å². The molecule has 1 aliphatic heterocycles. The first-order chi connectivity index (χ1) is 10.9. The Hall–Kier alpha value is -1.74. The van der Waals surface area contributed by atoms with E-state index in [2.05, 4.69) is 28.9 Å². The lowest BCUT2D eigenvalue weighted by Crippen LogP contribution is -2.17. The summed E-state index contributed by atoms with van der Waals surface area (Å²) in [7, 11) is 0. The monoisotopic (exact) mass is 311 g/mol. The van der Waals surface area contributed by atoms with Gasteiger partial charge in [0.05, 0.1) is 11.9 Å². The van der Waals surface area contributed by atoms with Crippen molar-refractivity contribution in [2.75, 3.05) is 11.9 Å². The molecule has 0 spiro atoms. The molecule has 1 aromatic heterocycles. The van der Waals surface area contributed by atoms with Crippen LogP contribution in [-0.4, -0.2) is 6.54 Å². The van der Waals surface area contributed by atoms with Crippen LogP contribution >= 0.6 is 11.3 Å². The number of thiophene rings is 1. The van der Waals surface area contributed by atoms with Crippen molar-refractivity contribution < 1.29 is 4.74 Å². The molecule has 1 N–H and O–H groups in total. The lowest BCUT2D eigenvalue weighted by Gasteiger charge is -2.22. The summed E-state index contributed by atoms with van der Waals surface area (Å²) in [6, 6.07) is 8.30. The Morgan fingerprint density at radius 3 is 2.91 bits per heavy atom. The normalized spacial score (nSPS) is 17.3. The number of benzene rings is 1. The Kier molecular flexibility index (Phi) is 3.90. The van der Waals surface area contributed by atoms with Gasteiger partial charge in [-0.25, -0.2) is 0 Å². The first kappa shape index (κ1) is 13.9. The number of ether oxygens (including phenoxy) is 1. The summed E-state index contributed by atoms with van der Waals surface area (Å²) in [6.45, 7) is 1.09. The van der Waals surface area contributed by atoms with E-state index in [4.69, 9.17) is 4.74 Å². The maximum absolute atomic E-state index is 5.74. The van der Waals surface area contributed by atoms with E-state index in [0.717, 1.165) is 18.2 Å². The Morgan fingerprint density at radius 1 is 1.14 bits per heavy atom. The molecule has 0 radical (unpaired) electrons. The van der Waals surface area contributed by atoms with Crippen LogP contribution in [0.2, 0.25) is 0 Å². The Bertz CT molecular complexity index is 682. The number of nitrogens with one attached hydrogen (secondary N) is 1. The lowest BCUT2D eigenvalue weighted by atomic mass is 9.89. The third-order valence-electron chi connectivity index (χ3n) is 4.70. The smallest absolute Gasteiger partial charge is 0.134 e. The molecule has 3 heteroatoms. The molecule has 2 aromatic rings. The molecule has 0 amide bonds. The largest absolute Gasteiger partial charge is 0.464 e. The third-order valence-corrected chi connectivity index (χ3v) is 5.64. The first-order valence-corrected chi connectivity index (χ1v) is 9.08. The zero-order valence-corrected chi connectivity index (χ0v) is 13.5. The highest BCUT2D eigenvalue weighted by molar-refractivity contribution is 7.12. The molecule has 22 heavy (non-hydrogen) atoms. The van der Waals surface area contributed by atoms with Gasteiger partial charge < -0.3 is 10.1 Å². The molecule has 0 unspecified atom stereocenters. The van der Waals surface area contributed by atoms with Crippen molar-refractivity contribution in [1.82, 2.24) is 0 Å². The molecular formula is C19H21NOS. The van der Waals surface area contributed by atoms with Crippen LogP contribution in [0.3, 0.4) is 0 Å². The summed E-state index contributed by atoms with van der Waals surface area (Å²) in [4.78, 5) is 1.27. The molecule has 1 aromatic carbocycles. The second-order valence-corrected chi connectivity index (χ2v) is 7.10. The number of hydrogen-bond donors (Lipinski definition) is 1. The van der Waals surface area contributed by atoms with Crippen molar-refractivity contribution in [2.24, 2.45) is 5.92 Å².